The van der Waals surface area contributed by atoms with E-state index in [0.717, 1.165) is 51.9 Å². The maximum atomic E-state index is 14.3. The Bertz CT molecular complexity index is 630. The molecule has 0 N–H and O–H groups in total. The number of amides is 1. The van der Waals surface area contributed by atoms with Gasteiger partial charge in [0.15, 0.2) is 11.6 Å². The van der Waals surface area contributed by atoms with Crippen molar-refractivity contribution in [3.8, 4) is 0 Å². The Balaban J connectivity index is 1.71. The molecule has 1 aromatic rings. The van der Waals surface area contributed by atoms with Crippen molar-refractivity contribution in [3.05, 3.63) is 23.1 Å². The van der Waals surface area contributed by atoms with Gasteiger partial charge >= 0.3 is 0 Å². The number of hydrogen-bond donors (Lipinski definition) is 0. The zero-order valence-electron chi connectivity index (χ0n) is 14.6. The predicted molar refractivity (Wildman–Crippen MR) is 95.4 cm³/mol. The van der Waals surface area contributed by atoms with Gasteiger partial charge < -0.3 is 14.5 Å². The molecule has 1 aromatic heterocycles. The Morgan fingerprint density at radius 3 is 3.00 bits per heavy atom. The van der Waals surface area contributed by atoms with Crippen LogP contribution in [0.5, 0.6) is 0 Å². The Hall–Kier alpha value is -1.40. The van der Waals surface area contributed by atoms with E-state index in [1.54, 1.807) is 7.11 Å². The van der Waals surface area contributed by atoms with E-state index in [2.05, 4.69) is 4.98 Å². The molecular weight excluding hydrogens is 345 g/mol. The van der Waals surface area contributed by atoms with Crippen LogP contribution in [0.25, 0.3) is 0 Å². The standard InChI is InChI=1S/C18H25ClFN3O2/c1-25-9-3-8-22-12-18(6-4-16(22)24)5-2-7-23(13-18)17-15(20)10-14(19)11-21-17/h10-11H,2-9,12-13H2,1H3/t18-/m1/s1. The molecule has 2 saturated heterocycles. The summed E-state index contributed by atoms with van der Waals surface area (Å²) in [5.41, 5.74) is 0.0208. The molecule has 0 bridgehead atoms. The molecule has 0 saturated carbocycles. The molecule has 0 aromatic carbocycles. The number of methoxy groups -OCH3 is 1. The quantitative estimate of drug-likeness (QED) is 0.748. The van der Waals surface area contributed by atoms with Crippen molar-refractivity contribution in [3.63, 3.8) is 0 Å². The minimum Gasteiger partial charge on any atom is -0.385 e. The van der Waals surface area contributed by atoms with Crippen molar-refractivity contribution in [1.29, 1.82) is 0 Å². The predicted octanol–water partition coefficient (Wildman–Crippen LogP) is 3.12. The van der Waals surface area contributed by atoms with E-state index in [9.17, 15) is 9.18 Å². The SMILES string of the molecule is COCCCN1C[C@@]2(CCCN(c3ncc(Cl)cc3F)C2)CCC1=O. The van der Waals surface area contributed by atoms with Gasteiger partial charge in [0.1, 0.15) is 0 Å². The molecule has 5 nitrogen and oxygen atoms in total. The largest absolute Gasteiger partial charge is 0.385 e. The van der Waals surface area contributed by atoms with Crippen LogP contribution < -0.4 is 4.90 Å². The number of nitrogens with zero attached hydrogens (tertiary/aromatic N) is 3. The first-order valence-electron chi connectivity index (χ1n) is 8.86. The highest BCUT2D eigenvalue weighted by molar-refractivity contribution is 6.30. The van der Waals surface area contributed by atoms with Crippen molar-refractivity contribution in [1.82, 2.24) is 9.88 Å². The van der Waals surface area contributed by atoms with Crippen LogP contribution in [0, 0.1) is 11.2 Å². The zero-order chi connectivity index (χ0) is 17.9. The number of carbonyl (C=O) groups excluding carboxylic acids is 1. The summed E-state index contributed by atoms with van der Waals surface area (Å²) in [7, 11) is 1.67. The molecule has 1 spiro atoms. The summed E-state index contributed by atoms with van der Waals surface area (Å²) in [6.07, 6.45) is 5.80. The van der Waals surface area contributed by atoms with Crippen molar-refractivity contribution >= 4 is 23.3 Å². The lowest BCUT2D eigenvalue weighted by atomic mass is 9.73. The number of hydrogen-bond acceptors (Lipinski definition) is 4. The monoisotopic (exact) mass is 369 g/mol. The fourth-order valence-corrected chi connectivity index (χ4v) is 4.21. The fraction of sp³-hybridized carbons (Fsp3) is 0.667. The molecule has 0 unspecified atom stereocenters. The highest BCUT2D eigenvalue weighted by Gasteiger charge is 2.42. The molecule has 3 heterocycles. The molecule has 1 amide bonds. The normalized spacial score (nSPS) is 24.2. The van der Waals surface area contributed by atoms with Crippen LogP contribution in [0.15, 0.2) is 12.3 Å². The first-order chi connectivity index (χ1) is 12.0. The van der Waals surface area contributed by atoms with E-state index >= 15 is 0 Å². The van der Waals surface area contributed by atoms with E-state index < -0.39 is 0 Å². The van der Waals surface area contributed by atoms with Gasteiger partial charge in [0.2, 0.25) is 5.91 Å². The van der Waals surface area contributed by atoms with Crippen molar-refractivity contribution < 1.29 is 13.9 Å². The molecule has 2 aliphatic rings. The molecule has 7 heteroatoms. The number of ether oxygens (including phenoxy) is 1. The van der Waals surface area contributed by atoms with Crippen LogP contribution in [-0.2, 0) is 9.53 Å². The van der Waals surface area contributed by atoms with Gasteiger partial charge in [-0.3, -0.25) is 4.79 Å². The Morgan fingerprint density at radius 2 is 2.24 bits per heavy atom. The molecule has 1 atom stereocenters. The third-order valence-corrected chi connectivity index (χ3v) is 5.48. The maximum Gasteiger partial charge on any atom is 0.222 e. The first-order valence-corrected chi connectivity index (χ1v) is 9.23. The number of rotatable bonds is 5. The average Bonchev–Trinajstić information content (AvgIpc) is 2.58. The number of carbonyl (C=O) groups is 1. The van der Waals surface area contributed by atoms with E-state index in [4.69, 9.17) is 16.3 Å². The van der Waals surface area contributed by atoms with E-state index in [0.29, 0.717) is 23.9 Å². The molecule has 138 valence electrons. The molecule has 0 radical (unpaired) electrons. The molecule has 0 aliphatic carbocycles. The molecule has 25 heavy (non-hydrogen) atoms. The van der Waals surface area contributed by atoms with Gasteiger partial charge in [-0.2, -0.15) is 0 Å². The second-order valence-electron chi connectivity index (χ2n) is 7.15. The summed E-state index contributed by atoms with van der Waals surface area (Å²) in [5, 5.41) is 0.306. The second kappa shape index (κ2) is 7.87. The Morgan fingerprint density at radius 1 is 1.40 bits per heavy atom. The van der Waals surface area contributed by atoms with Crippen LogP contribution in [0.1, 0.15) is 32.1 Å². The molecule has 3 rings (SSSR count). The topological polar surface area (TPSA) is 45.7 Å². The summed E-state index contributed by atoms with van der Waals surface area (Å²) in [6, 6.07) is 1.31. The van der Waals surface area contributed by atoms with Crippen LogP contribution in [0.2, 0.25) is 5.02 Å². The van der Waals surface area contributed by atoms with Gasteiger partial charge in [-0.25, -0.2) is 9.37 Å². The van der Waals surface area contributed by atoms with Gasteiger partial charge in [0.05, 0.1) is 5.02 Å². The lowest BCUT2D eigenvalue weighted by molar-refractivity contribution is -0.138. The van der Waals surface area contributed by atoms with Gasteiger partial charge in [0, 0.05) is 57.9 Å². The zero-order valence-corrected chi connectivity index (χ0v) is 15.4. The second-order valence-corrected chi connectivity index (χ2v) is 7.58. The lowest BCUT2D eigenvalue weighted by Crippen LogP contribution is -2.54. The number of aromatic nitrogens is 1. The van der Waals surface area contributed by atoms with Crippen molar-refractivity contribution in [2.75, 3.05) is 44.8 Å². The van der Waals surface area contributed by atoms with E-state index in [1.165, 1.54) is 12.3 Å². The van der Waals surface area contributed by atoms with Crippen molar-refractivity contribution in [2.24, 2.45) is 5.41 Å². The number of likely N-dealkylation sites (tertiary alicyclic amines) is 1. The summed E-state index contributed by atoms with van der Waals surface area (Å²) in [5.74, 6) is 0.203. The molecular formula is C18H25ClFN3O2. The summed E-state index contributed by atoms with van der Waals surface area (Å²) < 4.78 is 19.4. The van der Waals surface area contributed by atoms with Crippen LogP contribution >= 0.6 is 11.6 Å². The number of pyridine rings is 1. The summed E-state index contributed by atoms with van der Waals surface area (Å²) in [4.78, 5) is 20.4. The van der Waals surface area contributed by atoms with Gasteiger partial charge in [-0.05, 0) is 31.7 Å². The number of anilines is 1. The van der Waals surface area contributed by atoms with Crippen LogP contribution in [-0.4, -0.2) is 55.7 Å². The number of halogens is 2. The van der Waals surface area contributed by atoms with Crippen molar-refractivity contribution in [2.45, 2.75) is 32.1 Å². The average molecular weight is 370 g/mol. The smallest absolute Gasteiger partial charge is 0.222 e. The third kappa shape index (κ3) is 4.23. The number of piperidine rings is 2. The maximum absolute atomic E-state index is 14.3. The van der Waals surface area contributed by atoms with Gasteiger partial charge in [-0.15, -0.1) is 0 Å². The third-order valence-electron chi connectivity index (χ3n) is 5.27. The summed E-state index contributed by atoms with van der Waals surface area (Å²) in [6.45, 7) is 3.63. The van der Waals surface area contributed by atoms with E-state index in [-0.39, 0.29) is 17.1 Å². The highest BCUT2D eigenvalue weighted by Crippen LogP contribution is 2.40. The van der Waals surface area contributed by atoms with Gasteiger partial charge in [0.25, 0.3) is 0 Å². The van der Waals surface area contributed by atoms with E-state index in [1.807, 2.05) is 9.80 Å². The minimum atomic E-state index is -0.381. The minimum absolute atomic E-state index is 0.0208. The Labute approximate surface area is 153 Å². The van der Waals surface area contributed by atoms with Gasteiger partial charge in [-0.1, -0.05) is 11.6 Å². The highest BCUT2D eigenvalue weighted by atomic mass is 35.5. The first kappa shape index (κ1) is 18.4. The fourth-order valence-electron chi connectivity index (χ4n) is 4.07. The Kier molecular flexibility index (Phi) is 5.79. The van der Waals surface area contributed by atoms with Crippen LogP contribution in [0.4, 0.5) is 10.2 Å². The summed E-state index contributed by atoms with van der Waals surface area (Å²) >= 11 is 5.82. The molecule has 2 fully saturated rings. The lowest BCUT2D eigenvalue weighted by Gasteiger charge is -2.48. The van der Waals surface area contributed by atoms with Crippen LogP contribution in [0.3, 0.4) is 0 Å². The molecule has 2 aliphatic heterocycles.